The maximum Gasteiger partial charge on any atom is 0.230 e. The van der Waals surface area contributed by atoms with Crippen LogP contribution in [0.4, 0.5) is 0 Å². The lowest BCUT2D eigenvalue weighted by Gasteiger charge is -2.22. The Bertz CT molecular complexity index is 279. The van der Waals surface area contributed by atoms with Gasteiger partial charge in [0, 0.05) is 17.4 Å². The minimum atomic E-state index is -0.622. The number of hydrogen-bond donors (Lipinski definition) is 1. The molecule has 1 aliphatic heterocycles. The van der Waals surface area contributed by atoms with Gasteiger partial charge < -0.3 is 5.32 Å². The fourth-order valence-corrected chi connectivity index (χ4v) is 2.95. The van der Waals surface area contributed by atoms with Gasteiger partial charge in [-0.05, 0) is 24.3 Å². The maximum absolute atomic E-state index is 11.6. The van der Waals surface area contributed by atoms with Crippen LogP contribution in [0.25, 0.3) is 0 Å². The van der Waals surface area contributed by atoms with E-state index in [0.717, 1.165) is 24.3 Å². The number of amides is 1. The Labute approximate surface area is 92.1 Å². The predicted molar refractivity (Wildman–Crippen MR) is 57.4 cm³/mol. The average Bonchev–Trinajstić information content (AvgIpc) is 2.98. The van der Waals surface area contributed by atoms with Crippen molar-refractivity contribution in [3.63, 3.8) is 0 Å². The summed E-state index contributed by atoms with van der Waals surface area (Å²) >= 11 is 1.90. The fraction of sp³-hybridized carbons (Fsp3) is 0.889. The van der Waals surface area contributed by atoms with E-state index in [0.29, 0.717) is 6.42 Å². The van der Waals surface area contributed by atoms with Crippen LogP contribution in [-0.4, -0.2) is 34.4 Å². The largest absolute Gasteiger partial charge is 0.353 e. The Morgan fingerprint density at radius 1 is 1.40 bits per heavy atom. The van der Waals surface area contributed by atoms with Crippen molar-refractivity contribution in [2.45, 2.75) is 31.3 Å². The Balaban J connectivity index is 1.75. The molecule has 0 radical (unpaired) electrons. The maximum atomic E-state index is 11.6. The Hall–Kier alpha value is -0.780. The lowest BCUT2D eigenvalue weighted by molar-refractivity contribution is -0.497. The zero-order valence-corrected chi connectivity index (χ0v) is 9.16. The highest BCUT2D eigenvalue weighted by atomic mass is 32.2. The van der Waals surface area contributed by atoms with Gasteiger partial charge >= 0.3 is 0 Å². The number of rotatable bonds is 3. The minimum absolute atomic E-state index is 0.117. The summed E-state index contributed by atoms with van der Waals surface area (Å²) < 4.78 is 0. The average molecular weight is 230 g/mol. The molecule has 2 unspecified atom stereocenters. The SMILES string of the molecule is O=C(NC1CCSCC1)C1CC1[N+](=O)[O-]. The molecule has 1 aliphatic carbocycles. The Morgan fingerprint density at radius 3 is 2.60 bits per heavy atom. The molecule has 0 aromatic carbocycles. The molecule has 5 nitrogen and oxygen atoms in total. The van der Waals surface area contributed by atoms with E-state index in [2.05, 4.69) is 5.32 Å². The summed E-state index contributed by atoms with van der Waals surface area (Å²) in [5, 5.41) is 13.3. The second-order valence-corrected chi connectivity index (χ2v) is 5.31. The second-order valence-electron chi connectivity index (χ2n) is 4.09. The molecule has 2 rings (SSSR count). The van der Waals surface area contributed by atoms with E-state index in [-0.39, 0.29) is 22.8 Å². The third-order valence-electron chi connectivity index (χ3n) is 2.93. The molecular formula is C9H14N2O3S. The smallest absolute Gasteiger partial charge is 0.230 e. The lowest BCUT2D eigenvalue weighted by atomic mass is 10.1. The van der Waals surface area contributed by atoms with Gasteiger partial charge in [0.25, 0.3) is 0 Å². The van der Waals surface area contributed by atoms with Gasteiger partial charge in [0.1, 0.15) is 5.92 Å². The van der Waals surface area contributed by atoms with Crippen LogP contribution in [0, 0.1) is 16.0 Å². The van der Waals surface area contributed by atoms with Crippen molar-refractivity contribution >= 4 is 17.7 Å². The van der Waals surface area contributed by atoms with Gasteiger partial charge in [0.2, 0.25) is 11.9 Å². The van der Waals surface area contributed by atoms with Crippen LogP contribution < -0.4 is 5.32 Å². The van der Waals surface area contributed by atoms with Crippen LogP contribution in [0.3, 0.4) is 0 Å². The minimum Gasteiger partial charge on any atom is -0.353 e. The summed E-state index contributed by atoms with van der Waals surface area (Å²) in [7, 11) is 0. The van der Waals surface area contributed by atoms with Gasteiger partial charge in [0.05, 0.1) is 0 Å². The van der Waals surface area contributed by atoms with Crippen molar-refractivity contribution in [2.75, 3.05) is 11.5 Å². The number of thioether (sulfide) groups is 1. The molecule has 1 amide bonds. The van der Waals surface area contributed by atoms with Crippen molar-refractivity contribution in [2.24, 2.45) is 5.92 Å². The summed E-state index contributed by atoms with van der Waals surface area (Å²) in [5.74, 6) is 1.67. The van der Waals surface area contributed by atoms with E-state index in [9.17, 15) is 14.9 Å². The number of hydrogen-bond acceptors (Lipinski definition) is 4. The lowest BCUT2D eigenvalue weighted by Crippen LogP contribution is -2.39. The second kappa shape index (κ2) is 4.38. The zero-order chi connectivity index (χ0) is 10.8. The first-order valence-electron chi connectivity index (χ1n) is 5.20. The standard InChI is InChI=1S/C9H14N2O3S/c12-9(7-5-8(7)11(13)14)10-6-1-3-15-4-2-6/h6-8H,1-5H2,(H,10,12). The van der Waals surface area contributed by atoms with E-state index in [1.165, 1.54) is 0 Å². The summed E-state index contributed by atoms with van der Waals surface area (Å²) in [4.78, 5) is 21.6. The molecule has 1 saturated carbocycles. The van der Waals surface area contributed by atoms with Crippen molar-refractivity contribution in [1.82, 2.24) is 5.32 Å². The summed E-state index contributed by atoms with van der Waals surface area (Å²) in [6, 6.07) is -0.380. The van der Waals surface area contributed by atoms with Crippen molar-refractivity contribution in [3.8, 4) is 0 Å². The number of nitro groups is 1. The molecule has 2 fully saturated rings. The monoisotopic (exact) mass is 230 g/mol. The number of nitrogens with one attached hydrogen (secondary N) is 1. The van der Waals surface area contributed by atoms with Crippen molar-refractivity contribution in [1.29, 1.82) is 0 Å². The Kier molecular flexibility index (Phi) is 3.14. The molecule has 0 spiro atoms. The highest BCUT2D eigenvalue weighted by molar-refractivity contribution is 7.99. The predicted octanol–water partition coefficient (Wildman–Crippen LogP) is 0.663. The first kappa shape index (κ1) is 10.7. The molecule has 0 aromatic rings. The first-order chi connectivity index (χ1) is 7.18. The summed E-state index contributed by atoms with van der Waals surface area (Å²) in [6.45, 7) is 0. The van der Waals surface area contributed by atoms with E-state index in [4.69, 9.17) is 0 Å². The summed E-state index contributed by atoms with van der Waals surface area (Å²) in [6.07, 6.45) is 2.40. The van der Waals surface area contributed by atoms with Crippen LogP contribution >= 0.6 is 11.8 Å². The molecule has 0 aromatic heterocycles. The topological polar surface area (TPSA) is 72.2 Å². The third kappa shape index (κ3) is 2.62. The molecular weight excluding hydrogens is 216 g/mol. The van der Waals surface area contributed by atoms with Crippen LogP contribution in [0.1, 0.15) is 19.3 Å². The van der Waals surface area contributed by atoms with Crippen molar-refractivity contribution < 1.29 is 9.72 Å². The number of carbonyl (C=O) groups excluding carboxylic acids is 1. The molecule has 15 heavy (non-hydrogen) atoms. The fourth-order valence-electron chi connectivity index (χ4n) is 1.85. The van der Waals surface area contributed by atoms with Gasteiger partial charge in [-0.15, -0.1) is 0 Å². The molecule has 2 aliphatic rings. The van der Waals surface area contributed by atoms with Crippen LogP contribution in [0.5, 0.6) is 0 Å². The van der Waals surface area contributed by atoms with Gasteiger partial charge in [-0.2, -0.15) is 11.8 Å². The molecule has 6 heteroatoms. The van der Waals surface area contributed by atoms with E-state index in [1.54, 1.807) is 0 Å². The van der Waals surface area contributed by atoms with E-state index in [1.807, 2.05) is 11.8 Å². The molecule has 1 heterocycles. The van der Waals surface area contributed by atoms with Gasteiger partial charge in [-0.1, -0.05) is 0 Å². The zero-order valence-electron chi connectivity index (χ0n) is 8.35. The molecule has 1 saturated heterocycles. The third-order valence-corrected chi connectivity index (χ3v) is 3.98. The number of nitrogens with zero attached hydrogens (tertiary/aromatic N) is 1. The molecule has 2 atom stereocenters. The number of carbonyl (C=O) groups is 1. The Morgan fingerprint density at radius 2 is 2.07 bits per heavy atom. The van der Waals surface area contributed by atoms with Crippen molar-refractivity contribution in [3.05, 3.63) is 10.1 Å². The first-order valence-corrected chi connectivity index (χ1v) is 6.35. The van der Waals surface area contributed by atoms with Gasteiger partial charge in [-0.25, -0.2) is 0 Å². The highest BCUT2D eigenvalue weighted by Gasteiger charge is 2.53. The normalized spacial score (nSPS) is 30.9. The van der Waals surface area contributed by atoms with Crippen LogP contribution in [0.2, 0.25) is 0 Å². The van der Waals surface area contributed by atoms with E-state index < -0.39 is 6.04 Å². The quantitative estimate of drug-likeness (QED) is 0.571. The van der Waals surface area contributed by atoms with E-state index >= 15 is 0 Å². The highest BCUT2D eigenvalue weighted by Crippen LogP contribution is 2.33. The molecule has 1 N–H and O–H groups in total. The molecule has 84 valence electrons. The van der Waals surface area contributed by atoms with Crippen LogP contribution in [0.15, 0.2) is 0 Å². The summed E-state index contributed by atoms with van der Waals surface area (Å²) in [5.41, 5.74) is 0. The van der Waals surface area contributed by atoms with Gasteiger partial charge in [0.15, 0.2) is 0 Å². The molecule has 0 bridgehead atoms. The van der Waals surface area contributed by atoms with Gasteiger partial charge in [-0.3, -0.25) is 14.9 Å². The van der Waals surface area contributed by atoms with Crippen LogP contribution in [-0.2, 0) is 4.79 Å².